The summed E-state index contributed by atoms with van der Waals surface area (Å²) in [6.07, 6.45) is 7.20. The third-order valence-electron chi connectivity index (χ3n) is 4.94. The monoisotopic (exact) mass is 410 g/mol. The third-order valence-corrected chi connectivity index (χ3v) is 4.94. The second-order valence-corrected chi connectivity index (χ2v) is 7.02. The van der Waals surface area contributed by atoms with Crippen LogP contribution in [0.25, 0.3) is 22.4 Å². The van der Waals surface area contributed by atoms with Crippen molar-refractivity contribution in [3.05, 3.63) is 96.7 Å². The second-order valence-electron chi connectivity index (χ2n) is 7.02. The minimum absolute atomic E-state index is 0.0231. The number of hydrogen-bond donors (Lipinski definition) is 1. The topological polar surface area (TPSA) is 77.0 Å². The van der Waals surface area contributed by atoms with Gasteiger partial charge in [0, 0.05) is 36.3 Å². The van der Waals surface area contributed by atoms with Gasteiger partial charge in [-0.1, -0.05) is 36.4 Å². The van der Waals surface area contributed by atoms with Crippen LogP contribution >= 0.6 is 0 Å². The summed E-state index contributed by atoms with van der Waals surface area (Å²) in [5.41, 5.74) is 5.78. The summed E-state index contributed by atoms with van der Waals surface area (Å²) in [4.78, 5) is 25.0. The molecule has 0 aliphatic rings. The molecule has 154 valence electrons. The number of pyridine rings is 1. The van der Waals surface area contributed by atoms with E-state index >= 15 is 0 Å². The molecule has 0 saturated carbocycles. The van der Waals surface area contributed by atoms with Crippen LogP contribution in [0, 0.1) is 0 Å². The number of hydrogen-bond acceptors (Lipinski definition) is 5. The number of carbonyl (C=O) groups is 1. The normalized spacial score (nSPS) is 10.5. The summed E-state index contributed by atoms with van der Waals surface area (Å²) >= 11 is 0. The summed E-state index contributed by atoms with van der Waals surface area (Å²) in [6, 6.07) is 19.4. The fourth-order valence-electron chi connectivity index (χ4n) is 3.27. The molecule has 2 aromatic heterocycles. The Morgan fingerprint density at radius 2 is 1.58 bits per heavy atom. The van der Waals surface area contributed by atoms with Gasteiger partial charge in [0.25, 0.3) is 0 Å². The quantitative estimate of drug-likeness (QED) is 0.497. The molecule has 0 radical (unpaired) electrons. The van der Waals surface area contributed by atoms with E-state index in [0.717, 1.165) is 39.3 Å². The van der Waals surface area contributed by atoms with Gasteiger partial charge in [-0.3, -0.25) is 9.78 Å². The summed E-state index contributed by atoms with van der Waals surface area (Å²) in [5, 5.41) is 2.97. The Hall–Kier alpha value is -4.06. The fourth-order valence-corrected chi connectivity index (χ4v) is 3.27. The molecule has 0 fully saturated rings. The van der Waals surface area contributed by atoms with E-state index in [0.29, 0.717) is 13.0 Å². The fraction of sp³-hybridized carbons (Fsp3) is 0.120. The van der Waals surface area contributed by atoms with Crippen molar-refractivity contribution in [1.82, 2.24) is 20.3 Å². The van der Waals surface area contributed by atoms with Crippen LogP contribution in [0.15, 0.2) is 85.6 Å². The van der Waals surface area contributed by atoms with E-state index in [2.05, 4.69) is 20.3 Å². The summed E-state index contributed by atoms with van der Waals surface area (Å²) in [7, 11) is 1.62. The van der Waals surface area contributed by atoms with Gasteiger partial charge in [-0.2, -0.15) is 0 Å². The molecule has 0 saturated heterocycles. The van der Waals surface area contributed by atoms with E-state index in [1.807, 2.05) is 66.9 Å². The van der Waals surface area contributed by atoms with Crippen molar-refractivity contribution in [3.63, 3.8) is 0 Å². The Labute approximate surface area is 181 Å². The number of methoxy groups -OCH3 is 1. The Morgan fingerprint density at radius 3 is 2.29 bits per heavy atom. The Balaban J connectivity index is 1.40. The highest BCUT2D eigenvalue weighted by atomic mass is 16.5. The van der Waals surface area contributed by atoms with E-state index in [1.165, 1.54) is 0 Å². The van der Waals surface area contributed by atoms with Gasteiger partial charge in [-0.15, -0.1) is 0 Å². The first-order valence-electron chi connectivity index (χ1n) is 9.92. The smallest absolute Gasteiger partial charge is 0.224 e. The van der Waals surface area contributed by atoms with Crippen LogP contribution in [0.3, 0.4) is 0 Å². The number of rotatable bonds is 7. The molecule has 2 heterocycles. The molecule has 0 unspecified atom stereocenters. The average molecular weight is 410 g/mol. The molecule has 31 heavy (non-hydrogen) atoms. The predicted octanol–water partition coefficient (Wildman–Crippen LogP) is 4.07. The van der Waals surface area contributed by atoms with Crippen LogP contribution < -0.4 is 10.1 Å². The minimum Gasteiger partial charge on any atom is -0.497 e. The lowest BCUT2D eigenvalue weighted by molar-refractivity contribution is -0.120. The predicted molar refractivity (Wildman–Crippen MR) is 119 cm³/mol. The van der Waals surface area contributed by atoms with Crippen LogP contribution in [0.4, 0.5) is 0 Å². The maximum Gasteiger partial charge on any atom is 0.224 e. The number of aromatic nitrogens is 3. The minimum atomic E-state index is -0.0231. The molecule has 0 bridgehead atoms. The average Bonchev–Trinajstić information content (AvgIpc) is 2.84. The van der Waals surface area contributed by atoms with Gasteiger partial charge in [-0.05, 0) is 41.0 Å². The van der Waals surface area contributed by atoms with Crippen LogP contribution in [0.2, 0.25) is 0 Å². The third kappa shape index (κ3) is 5.11. The lowest BCUT2D eigenvalue weighted by Crippen LogP contribution is -2.24. The number of amides is 1. The van der Waals surface area contributed by atoms with E-state index in [-0.39, 0.29) is 5.91 Å². The maximum atomic E-state index is 12.3. The highest BCUT2D eigenvalue weighted by Gasteiger charge is 2.09. The molecule has 4 aromatic rings. The SMILES string of the molecule is COc1ccc(CC(=O)NCc2ccc(-c3ncncc3-c3ccncc3)cc2)cc1. The largest absolute Gasteiger partial charge is 0.497 e. The van der Waals surface area contributed by atoms with Crippen molar-refractivity contribution in [2.24, 2.45) is 0 Å². The lowest BCUT2D eigenvalue weighted by Gasteiger charge is -2.10. The molecule has 4 rings (SSSR count). The highest BCUT2D eigenvalue weighted by molar-refractivity contribution is 5.80. The number of benzene rings is 2. The van der Waals surface area contributed by atoms with Crippen molar-refractivity contribution in [1.29, 1.82) is 0 Å². The van der Waals surface area contributed by atoms with E-state index in [4.69, 9.17) is 4.74 Å². The molecule has 0 atom stereocenters. The molecular weight excluding hydrogens is 388 g/mol. The van der Waals surface area contributed by atoms with E-state index in [1.54, 1.807) is 25.8 Å². The van der Waals surface area contributed by atoms with Gasteiger partial charge in [-0.25, -0.2) is 9.97 Å². The van der Waals surface area contributed by atoms with Gasteiger partial charge in [0.2, 0.25) is 5.91 Å². The summed E-state index contributed by atoms with van der Waals surface area (Å²) in [5.74, 6) is 0.755. The molecular formula is C25H22N4O2. The summed E-state index contributed by atoms with van der Waals surface area (Å²) in [6.45, 7) is 0.469. The zero-order valence-corrected chi connectivity index (χ0v) is 17.2. The van der Waals surface area contributed by atoms with Gasteiger partial charge in [0.1, 0.15) is 12.1 Å². The summed E-state index contributed by atoms with van der Waals surface area (Å²) < 4.78 is 5.14. The second kappa shape index (κ2) is 9.63. The highest BCUT2D eigenvalue weighted by Crippen LogP contribution is 2.29. The van der Waals surface area contributed by atoms with Crippen molar-refractivity contribution >= 4 is 5.91 Å². The number of carbonyl (C=O) groups excluding carboxylic acids is 1. The molecule has 1 amide bonds. The van der Waals surface area contributed by atoms with Crippen molar-refractivity contribution in [3.8, 4) is 28.1 Å². The standard InChI is InChI=1S/C25H22N4O2/c1-31-22-8-4-18(5-9-22)14-24(30)28-15-19-2-6-21(7-3-19)25-23(16-27-17-29-25)20-10-12-26-13-11-20/h2-13,16-17H,14-15H2,1H3,(H,28,30). The number of ether oxygens (including phenoxy) is 1. The van der Waals surface area contributed by atoms with E-state index in [9.17, 15) is 4.79 Å². The lowest BCUT2D eigenvalue weighted by atomic mass is 10.0. The van der Waals surface area contributed by atoms with Crippen LogP contribution in [-0.4, -0.2) is 28.0 Å². The number of nitrogens with one attached hydrogen (secondary N) is 1. The molecule has 1 N–H and O–H groups in total. The zero-order chi connectivity index (χ0) is 21.5. The molecule has 0 aliphatic heterocycles. The molecule has 6 heteroatoms. The zero-order valence-electron chi connectivity index (χ0n) is 17.2. The van der Waals surface area contributed by atoms with Gasteiger partial charge in [0.15, 0.2) is 0 Å². The molecule has 6 nitrogen and oxygen atoms in total. The Bertz CT molecular complexity index is 1140. The van der Waals surface area contributed by atoms with Crippen molar-refractivity contribution in [2.45, 2.75) is 13.0 Å². The van der Waals surface area contributed by atoms with Gasteiger partial charge < -0.3 is 10.1 Å². The maximum absolute atomic E-state index is 12.3. The van der Waals surface area contributed by atoms with Crippen LogP contribution in [-0.2, 0) is 17.8 Å². The first-order chi connectivity index (χ1) is 15.2. The van der Waals surface area contributed by atoms with E-state index < -0.39 is 0 Å². The Morgan fingerprint density at radius 1 is 0.871 bits per heavy atom. The van der Waals surface area contributed by atoms with Gasteiger partial charge in [0.05, 0.1) is 19.2 Å². The first-order valence-corrected chi connectivity index (χ1v) is 9.92. The van der Waals surface area contributed by atoms with Crippen molar-refractivity contribution < 1.29 is 9.53 Å². The molecule has 2 aromatic carbocycles. The Kier molecular flexibility index (Phi) is 6.28. The first kappa shape index (κ1) is 20.2. The number of nitrogens with zero attached hydrogens (tertiary/aromatic N) is 3. The molecule has 0 spiro atoms. The molecule has 0 aliphatic carbocycles. The van der Waals surface area contributed by atoms with Crippen LogP contribution in [0.5, 0.6) is 5.75 Å². The van der Waals surface area contributed by atoms with Gasteiger partial charge >= 0.3 is 0 Å². The van der Waals surface area contributed by atoms with Crippen molar-refractivity contribution in [2.75, 3.05) is 7.11 Å². The van der Waals surface area contributed by atoms with Crippen LogP contribution in [0.1, 0.15) is 11.1 Å².